The van der Waals surface area contributed by atoms with Crippen molar-refractivity contribution in [2.45, 2.75) is 0 Å². The summed E-state index contributed by atoms with van der Waals surface area (Å²) in [7, 11) is 0. The van der Waals surface area contributed by atoms with Crippen LogP contribution >= 0.6 is 0 Å². The molecule has 1 aromatic carbocycles. The minimum absolute atomic E-state index is 0. The molecule has 0 aliphatic carbocycles. The van der Waals surface area contributed by atoms with Gasteiger partial charge in [-0.3, -0.25) is 0 Å². The third-order valence-electron chi connectivity index (χ3n) is 1.02. The summed E-state index contributed by atoms with van der Waals surface area (Å²) in [6.45, 7) is -0.500. The largest absolute Gasteiger partial charge is 1.00 e. The minimum atomic E-state index is -0.879. The number of aromatic carboxylic acids is 1. The van der Waals surface area contributed by atoms with Gasteiger partial charge in [0.15, 0.2) is 0 Å². The predicted octanol–water partition coefficient (Wildman–Crippen LogP) is -3.25. The molecule has 64 valence electrons. The SMILES string of the molecule is O=C(O)c1ccccc1.O=C[O-].[Na+]. The molecule has 0 bridgehead atoms. The standard InChI is InChI=1S/C7H6O2.CH2O2.Na/c8-7(9)6-4-2-1-3-5-6;2-1-3;/h1-5H,(H,8,9);1H,(H,2,3);/q;;+1/p-1. The van der Waals surface area contributed by atoms with Crippen LogP contribution in [0.1, 0.15) is 10.4 Å². The van der Waals surface area contributed by atoms with Crippen molar-refractivity contribution >= 4 is 12.4 Å². The average Bonchev–Trinajstić information content (AvgIpc) is 2.07. The fourth-order valence-corrected chi connectivity index (χ4v) is 0.581. The van der Waals surface area contributed by atoms with E-state index >= 15 is 0 Å². The first-order valence-corrected chi connectivity index (χ1v) is 3.06. The first-order chi connectivity index (χ1) is 5.72. The summed E-state index contributed by atoms with van der Waals surface area (Å²) >= 11 is 0. The maximum atomic E-state index is 10.2. The quantitative estimate of drug-likeness (QED) is 0.373. The van der Waals surface area contributed by atoms with E-state index in [1.807, 2.05) is 0 Å². The van der Waals surface area contributed by atoms with E-state index in [1.165, 1.54) is 0 Å². The van der Waals surface area contributed by atoms with Crippen molar-refractivity contribution in [2.24, 2.45) is 0 Å². The topological polar surface area (TPSA) is 77.4 Å². The zero-order valence-corrected chi connectivity index (χ0v) is 9.14. The van der Waals surface area contributed by atoms with Gasteiger partial charge in [0.25, 0.3) is 0 Å². The first kappa shape index (κ1) is 14.7. The van der Waals surface area contributed by atoms with Crippen molar-refractivity contribution in [3.8, 4) is 0 Å². The Labute approximate surface area is 97.5 Å². The summed E-state index contributed by atoms with van der Waals surface area (Å²) in [4.78, 5) is 18.5. The fourth-order valence-electron chi connectivity index (χ4n) is 0.581. The van der Waals surface area contributed by atoms with Crippen molar-refractivity contribution in [3.05, 3.63) is 35.9 Å². The van der Waals surface area contributed by atoms with Gasteiger partial charge in [-0.25, -0.2) is 4.79 Å². The van der Waals surface area contributed by atoms with Crippen LogP contribution in [-0.4, -0.2) is 17.5 Å². The summed E-state index contributed by atoms with van der Waals surface area (Å²) in [6.07, 6.45) is 0. The molecule has 0 saturated carbocycles. The van der Waals surface area contributed by atoms with E-state index in [0.717, 1.165) is 0 Å². The van der Waals surface area contributed by atoms with Crippen LogP contribution in [-0.2, 0) is 4.79 Å². The third kappa shape index (κ3) is 7.52. The van der Waals surface area contributed by atoms with Gasteiger partial charge in [-0.2, -0.15) is 0 Å². The third-order valence-corrected chi connectivity index (χ3v) is 1.02. The Morgan fingerprint density at radius 1 is 1.31 bits per heavy atom. The Bertz CT molecular complexity index is 248. The maximum Gasteiger partial charge on any atom is 1.00 e. The molecule has 0 saturated heterocycles. The molecule has 0 aromatic heterocycles. The molecule has 0 heterocycles. The van der Waals surface area contributed by atoms with Gasteiger partial charge in [-0.05, 0) is 12.1 Å². The summed E-state index contributed by atoms with van der Waals surface area (Å²) in [5, 5.41) is 16.6. The Kier molecular flexibility index (Phi) is 10.4. The number of carbonyl (C=O) groups excluding carboxylic acids is 1. The van der Waals surface area contributed by atoms with Crippen molar-refractivity contribution in [2.75, 3.05) is 0 Å². The maximum absolute atomic E-state index is 10.2. The average molecular weight is 190 g/mol. The molecule has 0 aliphatic rings. The molecule has 0 amide bonds. The van der Waals surface area contributed by atoms with Crippen LogP contribution in [0, 0.1) is 0 Å². The number of carboxylic acids is 1. The van der Waals surface area contributed by atoms with Crippen LogP contribution < -0.4 is 34.7 Å². The molecule has 0 fully saturated rings. The molecule has 0 aliphatic heterocycles. The van der Waals surface area contributed by atoms with Crippen molar-refractivity contribution in [1.82, 2.24) is 0 Å². The second-order valence-electron chi connectivity index (χ2n) is 1.77. The van der Waals surface area contributed by atoms with E-state index in [1.54, 1.807) is 30.3 Å². The van der Waals surface area contributed by atoms with E-state index in [9.17, 15) is 4.79 Å². The molecule has 0 atom stereocenters. The first-order valence-electron chi connectivity index (χ1n) is 3.06. The molecule has 4 nitrogen and oxygen atoms in total. The number of benzene rings is 1. The van der Waals surface area contributed by atoms with E-state index in [2.05, 4.69) is 0 Å². The van der Waals surface area contributed by atoms with Crippen LogP contribution in [0.25, 0.3) is 0 Å². The van der Waals surface area contributed by atoms with E-state index < -0.39 is 12.4 Å². The van der Waals surface area contributed by atoms with Crippen LogP contribution in [0.5, 0.6) is 0 Å². The molecular formula is C8H7NaO4. The van der Waals surface area contributed by atoms with Gasteiger partial charge >= 0.3 is 35.5 Å². The van der Waals surface area contributed by atoms with Crippen LogP contribution in [0.3, 0.4) is 0 Å². The van der Waals surface area contributed by atoms with Gasteiger partial charge in [0.2, 0.25) is 0 Å². The Morgan fingerprint density at radius 3 is 1.92 bits per heavy atom. The Balaban J connectivity index is 0. The van der Waals surface area contributed by atoms with Gasteiger partial charge in [0, 0.05) is 6.47 Å². The van der Waals surface area contributed by atoms with Gasteiger partial charge in [0.1, 0.15) is 0 Å². The van der Waals surface area contributed by atoms with Gasteiger partial charge in [-0.15, -0.1) is 0 Å². The zero-order valence-electron chi connectivity index (χ0n) is 7.14. The van der Waals surface area contributed by atoms with Crippen LogP contribution in [0.2, 0.25) is 0 Å². The van der Waals surface area contributed by atoms with Crippen molar-refractivity contribution < 1.29 is 49.4 Å². The number of hydrogen-bond donors (Lipinski definition) is 1. The smallest absolute Gasteiger partial charge is 0.554 e. The number of hydrogen-bond acceptors (Lipinski definition) is 3. The molecule has 0 unspecified atom stereocenters. The second kappa shape index (κ2) is 9.25. The minimum Gasteiger partial charge on any atom is -0.554 e. The van der Waals surface area contributed by atoms with Gasteiger partial charge in [0.05, 0.1) is 5.56 Å². The van der Waals surface area contributed by atoms with Gasteiger partial charge < -0.3 is 15.0 Å². The van der Waals surface area contributed by atoms with Crippen molar-refractivity contribution in [3.63, 3.8) is 0 Å². The molecule has 1 rings (SSSR count). The number of carbonyl (C=O) groups is 2. The van der Waals surface area contributed by atoms with E-state index in [4.69, 9.17) is 15.0 Å². The Morgan fingerprint density at radius 2 is 1.69 bits per heavy atom. The van der Waals surface area contributed by atoms with Gasteiger partial charge in [-0.1, -0.05) is 18.2 Å². The fraction of sp³-hybridized carbons (Fsp3) is 0. The summed E-state index contributed by atoms with van der Waals surface area (Å²) < 4.78 is 0. The van der Waals surface area contributed by atoms with E-state index in [-0.39, 0.29) is 29.6 Å². The summed E-state index contributed by atoms with van der Waals surface area (Å²) in [5.74, 6) is -0.879. The van der Waals surface area contributed by atoms with Crippen LogP contribution in [0.4, 0.5) is 0 Å². The molecule has 13 heavy (non-hydrogen) atoms. The number of carboxylic acid groups (broad SMARTS) is 2. The number of rotatable bonds is 1. The van der Waals surface area contributed by atoms with Crippen LogP contribution in [0.15, 0.2) is 30.3 Å². The predicted molar refractivity (Wildman–Crippen MR) is 39.5 cm³/mol. The molecule has 0 spiro atoms. The van der Waals surface area contributed by atoms with E-state index in [0.29, 0.717) is 5.56 Å². The molecule has 1 aromatic rings. The zero-order chi connectivity index (χ0) is 9.40. The Hall–Kier alpha value is -0.840. The monoisotopic (exact) mass is 190 g/mol. The van der Waals surface area contributed by atoms with Crippen molar-refractivity contribution in [1.29, 1.82) is 0 Å². The summed E-state index contributed by atoms with van der Waals surface area (Å²) in [6, 6.07) is 8.30. The molecule has 0 radical (unpaired) electrons. The molecular weight excluding hydrogens is 183 g/mol. The second-order valence-corrected chi connectivity index (χ2v) is 1.77. The molecule has 1 N–H and O–H groups in total. The molecule has 5 heteroatoms. The normalized spacial score (nSPS) is 7.08. The summed E-state index contributed by atoms with van der Waals surface area (Å²) in [5.41, 5.74) is 0.331.